The normalized spacial score (nSPS) is 11.3. The lowest BCUT2D eigenvalue weighted by atomic mass is 10.1. The smallest absolute Gasteiger partial charge is 0.165 e. The quantitative estimate of drug-likeness (QED) is 0.727. The molecule has 2 N–H and O–H groups in total. The molecule has 0 amide bonds. The summed E-state index contributed by atoms with van der Waals surface area (Å²) in [6, 6.07) is 9.72. The molecule has 3 aromatic rings. The first kappa shape index (κ1) is 15.5. The van der Waals surface area contributed by atoms with Crippen molar-refractivity contribution in [1.82, 2.24) is 19.5 Å². The number of rotatable bonds is 6. The van der Waals surface area contributed by atoms with Crippen molar-refractivity contribution in [3.63, 3.8) is 0 Å². The molecule has 23 heavy (non-hydrogen) atoms. The average Bonchev–Trinajstić information content (AvgIpc) is 2.99. The number of benzene rings is 1. The van der Waals surface area contributed by atoms with E-state index >= 15 is 0 Å². The van der Waals surface area contributed by atoms with Gasteiger partial charge in [-0.2, -0.15) is 9.61 Å². The molecule has 0 radical (unpaired) electrons. The van der Waals surface area contributed by atoms with E-state index in [1.807, 2.05) is 55.1 Å². The number of aliphatic hydroxyl groups excluding tert-OH is 1. The second-order valence-corrected chi connectivity index (χ2v) is 5.71. The number of anilines is 1. The van der Waals surface area contributed by atoms with E-state index in [4.69, 9.17) is 5.11 Å². The minimum atomic E-state index is 0.0488. The molecule has 2 heterocycles. The van der Waals surface area contributed by atoms with E-state index in [1.54, 1.807) is 6.20 Å². The summed E-state index contributed by atoms with van der Waals surface area (Å²) < 4.78 is 1.82. The molecule has 0 aliphatic carbocycles. The van der Waals surface area contributed by atoms with E-state index in [-0.39, 0.29) is 6.61 Å². The maximum atomic E-state index is 9.15. The largest absolute Gasteiger partial charge is 0.392 e. The molecule has 2 aromatic heterocycles. The Morgan fingerprint density at radius 2 is 1.96 bits per heavy atom. The Hall–Kier alpha value is -2.44. The van der Waals surface area contributed by atoms with Crippen LogP contribution in [0.1, 0.15) is 5.56 Å². The monoisotopic (exact) mass is 311 g/mol. The third-order valence-corrected chi connectivity index (χ3v) is 3.71. The molecule has 0 spiro atoms. The van der Waals surface area contributed by atoms with Gasteiger partial charge in [0.15, 0.2) is 5.65 Å². The highest BCUT2D eigenvalue weighted by molar-refractivity contribution is 5.78. The molecule has 1 aromatic carbocycles. The third-order valence-electron chi connectivity index (χ3n) is 3.71. The van der Waals surface area contributed by atoms with Crippen LogP contribution in [0.2, 0.25) is 0 Å². The molecule has 6 nitrogen and oxygen atoms in total. The van der Waals surface area contributed by atoms with Gasteiger partial charge in [0.05, 0.1) is 12.8 Å². The summed E-state index contributed by atoms with van der Waals surface area (Å²) >= 11 is 0. The van der Waals surface area contributed by atoms with Crippen LogP contribution in [-0.4, -0.2) is 51.8 Å². The van der Waals surface area contributed by atoms with E-state index in [0.717, 1.165) is 41.2 Å². The molecule has 0 fully saturated rings. The van der Waals surface area contributed by atoms with Gasteiger partial charge in [0.25, 0.3) is 0 Å². The van der Waals surface area contributed by atoms with E-state index in [9.17, 15) is 0 Å². The third kappa shape index (κ3) is 3.33. The molecular weight excluding hydrogens is 290 g/mol. The Morgan fingerprint density at radius 1 is 1.17 bits per heavy atom. The predicted octanol–water partition coefficient (Wildman–Crippen LogP) is 1.86. The van der Waals surface area contributed by atoms with Crippen molar-refractivity contribution in [3.8, 4) is 11.1 Å². The van der Waals surface area contributed by atoms with Gasteiger partial charge in [0.2, 0.25) is 0 Å². The summed E-state index contributed by atoms with van der Waals surface area (Å²) in [6.07, 6.45) is 3.62. The first-order chi connectivity index (χ1) is 11.2. The predicted molar refractivity (Wildman–Crippen MR) is 91.4 cm³/mol. The first-order valence-electron chi connectivity index (χ1n) is 7.60. The van der Waals surface area contributed by atoms with Crippen molar-refractivity contribution < 1.29 is 5.11 Å². The maximum absolute atomic E-state index is 9.15. The fraction of sp³-hybridized carbons (Fsp3) is 0.294. The van der Waals surface area contributed by atoms with Crippen LogP contribution in [0.15, 0.2) is 42.7 Å². The summed E-state index contributed by atoms with van der Waals surface area (Å²) in [5, 5.41) is 17.0. The lowest BCUT2D eigenvalue weighted by Gasteiger charge is -2.12. The number of hydrogen-bond donors (Lipinski definition) is 2. The second kappa shape index (κ2) is 6.76. The summed E-state index contributed by atoms with van der Waals surface area (Å²) in [4.78, 5) is 6.59. The zero-order valence-corrected chi connectivity index (χ0v) is 13.4. The Labute approximate surface area is 135 Å². The second-order valence-electron chi connectivity index (χ2n) is 5.71. The lowest BCUT2D eigenvalue weighted by molar-refractivity contribution is 0.282. The maximum Gasteiger partial charge on any atom is 0.165 e. The zero-order chi connectivity index (χ0) is 16.2. The lowest BCUT2D eigenvalue weighted by Crippen LogP contribution is -2.21. The van der Waals surface area contributed by atoms with Crippen LogP contribution < -0.4 is 5.32 Å². The number of aliphatic hydroxyl groups is 1. The Balaban J connectivity index is 1.91. The van der Waals surface area contributed by atoms with Crippen molar-refractivity contribution in [2.24, 2.45) is 0 Å². The Kier molecular flexibility index (Phi) is 4.55. The van der Waals surface area contributed by atoms with Gasteiger partial charge in [-0.25, -0.2) is 4.98 Å². The fourth-order valence-corrected chi connectivity index (χ4v) is 2.43. The van der Waals surface area contributed by atoms with Gasteiger partial charge in [-0.1, -0.05) is 24.3 Å². The average molecular weight is 311 g/mol. The van der Waals surface area contributed by atoms with Crippen LogP contribution in [0.5, 0.6) is 0 Å². The number of likely N-dealkylation sites (N-methyl/N-ethyl adjacent to an activating group) is 1. The van der Waals surface area contributed by atoms with Crippen LogP contribution in [0.25, 0.3) is 16.8 Å². The molecule has 120 valence electrons. The van der Waals surface area contributed by atoms with Crippen molar-refractivity contribution in [3.05, 3.63) is 48.3 Å². The highest BCUT2D eigenvalue weighted by atomic mass is 16.3. The fourth-order valence-electron chi connectivity index (χ4n) is 2.43. The molecule has 0 aliphatic rings. The number of aromatic nitrogens is 3. The highest BCUT2D eigenvalue weighted by Gasteiger charge is 2.10. The molecular formula is C17H21N5O. The van der Waals surface area contributed by atoms with Crippen LogP contribution in [0.4, 0.5) is 5.82 Å². The minimum Gasteiger partial charge on any atom is -0.392 e. The molecule has 0 unspecified atom stereocenters. The van der Waals surface area contributed by atoms with E-state index in [2.05, 4.69) is 20.3 Å². The first-order valence-corrected chi connectivity index (χ1v) is 7.60. The van der Waals surface area contributed by atoms with Gasteiger partial charge in [0, 0.05) is 24.8 Å². The van der Waals surface area contributed by atoms with Gasteiger partial charge >= 0.3 is 0 Å². The van der Waals surface area contributed by atoms with Crippen molar-refractivity contribution in [1.29, 1.82) is 0 Å². The number of nitrogens with one attached hydrogen (secondary N) is 1. The minimum absolute atomic E-state index is 0.0488. The van der Waals surface area contributed by atoms with Gasteiger partial charge in [-0.05, 0) is 31.3 Å². The summed E-state index contributed by atoms with van der Waals surface area (Å²) in [6.45, 7) is 1.83. The van der Waals surface area contributed by atoms with Crippen molar-refractivity contribution >= 4 is 11.5 Å². The van der Waals surface area contributed by atoms with Crippen LogP contribution in [0.3, 0.4) is 0 Å². The number of fused-ring (bicyclic) bond motifs is 1. The molecule has 0 aliphatic heterocycles. The summed E-state index contributed by atoms with van der Waals surface area (Å²) in [5.41, 5.74) is 3.72. The molecule has 0 bridgehead atoms. The molecule has 0 saturated carbocycles. The van der Waals surface area contributed by atoms with E-state index < -0.39 is 0 Å². The SMILES string of the molecule is CN(C)CCNc1ccnc2c(-c3ccc(CO)cc3)cnn12. The van der Waals surface area contributed by atoms with Gasteiger partial charge in [-0.15, -0.1) is 0 Å². The standard InChI is InChI=1S/C17H21N5O/c1-21(2)10-9-18-16-7-8-19-17-15(11-20-22(16)17)14-5-3-13(12-23)4-6-14/h3-8,11,18,23H,9-10,12H2,1-2H3. The van der Waals surface area contributed by atoms with Gasteiger partial charge in [-0.3, -0.25) is 0 Å². The van der Waals surface area contributed by atoms with E-state index in [0.29, 0.717) is 0 Å². The number of nitrogens with zero attached hydrogens (tertiary/aromatic N) is 4. The molecule has 0 atom stereocenters. The number of hydrogen-bond acceptors (Lipinski definition) is 5. The van der Waals surface area contributed by atoms with Crippen molar-refractivity contribution in [2.75, 3.05) is 32.5 Å². The summed E-state index contributed by atoms with van der Waals surface area (Å²) in [7, 11) is 4.09. The molecule has 6 heteroatoms. The van der Waals surface area contributed by atoms with Gasteiger partial charge < -0.3 is 15.3 Å². The molecule has 0 saturated heterocycles. The Morgan fingerprint density at radius 3 is 2.65 bits per heavy atom. The van der Waals surface area contributed by atoms with Crippen LogP contribution in [0, 0.1) is 0 Å². The highest BCUT2D eigenvalue weighted by Crippen LogP contribution is 2.25. The van der Waals surface area contributed by atoms with E-state index in [1.165, 1.54) is 0 Å². The topological polar surface area (TPSA) is 65.7 Å². The Bertz CT molecular complexity index is 779. The van der Waals surface area contributed by atoms with Gasteiger partial charge in [0.1, 0.15) is 5.82 Å². The van der Waals surface area contributed by atoms with Crippen molar-refractivity contribution in [2.45, 2.75) is 6.61 Å². The van der Waals surface area contributed by atoms with Crippen LogP contribution >= 0.6 is 0 Å². The molecule has 3 rings (SSSR count). The zero-order valence-electron chi connectivity index (χ0n) is 13.4. The summed E-state index contributed by atoms with van der Waals surface area (Å²) in [5.74, 6) is 0.926. The van der Waals surface area contributed by atoms with Crippen LogP contribution in [-0.2, 0) is 6.61 Å².